The van der Waals surface area contributed by atoms with Crippen molar-refractivity contribution in [2.75, 3.05) is 5.32 Å². The van der Waals surface area contributed by atoms with Crippen LogP contribution in [0.25, 0.3) is 21.8 Å². The zero-order valence-corrected chi connectivity index (χ0v) is 11.3. The van der Waals surface area contributed by atoms with E-state index < -0.39 is 0 Å². The average Bonchev–Trinajstić information content (AvgIpc) is 2.95. The highest BCUT2D eigenvalue weighted by Gasteiger charge is 2.06. The summed E-state index contributed by atoms with van der Waals surface area (Å²) in [6.07, 6.45) is 5.10. The van der Waals surface area contributed by atoms with Gasteiger partial charge >= 0.3 is 0 Å². The highest BCUT2D eigenvalue weighted by atomic mass is 15.1. The van der Waals surface area contributed by atoms with Crippen LogP contribution in [0.2, 0.25) is 0 Å². The first-order valence-corrected chi connectivity index (χ1v) is 6.57. The summed E-state index contributed by atoms with van der Waals surface area (Å²) >= 11 is 0. The van der Waals surface area contributed by atoms with Crippen LogP contribution in [0.1, 0.15) is 5.69 Å². The number of aromatic nitrogens is 5. The fourth-order valence-corrected chi connectivity index (χ4v) is 2.32. The minimum Gasteiger partial charge on any atom is -0.340 e. The van der Waals surface area contributed by atoms with Gasteiger partial charge in [-0.25, -0.2) is 9.97 Å². The summed E-state index contributed by atoms with van der Waals surface area (Å²) in [5, 5.41) is 12.3. The Morgan fingerprint density at radius 2 is 2.00 bits per heavy atom. The van der Waals surface area contributed by atoms with Crippen molar-refractivity contribution in [1.82, 2.24) is 25.1 Å². The summed E-state index contributed by atoms with van der Waals surface area (Å²) in [5.74, 6) is 0.772. The van der Waals surface area contributed by atoms with Gasteiger partial charge in [0.25, 0.3) is 0 Å². The number of aryl methyl sites for hydroxylation is 1. The largest absolute Gasteiger partial charge is 0.340 e. The summed E-state index contributed by atoms with van der Waals surface area (Å²) < 4.78 is 0. The summed E-state index contributed by atoms with van der Waals surface area (Å²) in [7, 11) is 0. The maximum Gasteiger partial charge on any atom is 0.141 e. The number of aromatic amines is 1. The molecule has 2 N–H and O–H groups in total. The maximum atomic E-state index is 4.34. The Hall–Kier alpha value is -3.02. The van der Waals surface area contributed by atoms with Crippen molar-refractivity contribution in [2.24, 2.45) is 0 Å². The molecule has 0 radical (unpaired) electrons. The molecule has 0 saturated carbocycles. The summed E-state index contributed by atoms with van der Waals surface area (Å²) in [5.41, 5.74) is 3.72. The number of anilines is 2. The van der Waals surface area contributed by atoms with Gasteiger partial charge in [-0.3, -0.25) is 10.1 Å². The van der Waals surface area contributed by atoms with Crippen molar-refractivity contribution >= 4 is 33.3 Å². The topological polar surface area (TPSA) is 79.4 Å². The predicted molar refractivity (Wildman–Crippen MR) is 81.4 cm³/mol. The first-order valence-electron chi connectivity index (χ1n) is 6.57. The number of rotatable bonds is 2. The third kappa shape index (κ3) is 2.06. The summed E-state index contributed by atoms with van der Waals surface area (Å²) in [4.78, 5) is 12.8. The molecule has 0 bridgehead atoms. The second-order valence-electron chi connectivity index (χ2n) is 4.86. The van der Waals surface area contributed by atoms with E-state index in [1.807, 2.05) is 31.2 Å². The van der Waals surface area contributed by atoms with Crippen LogP contribution in [0.3, 0.4) is 0 Å². The minimum absolute atomic E-state index is 0.772. The van der Waals surface area contributed by atoms with Crippen LogP contribution in [0.4, 0.5) is 11.5 Å². The molecular weight excluding hydrogens is 264 g/mol. The van der Waals surface area contributed by atoms with Gasteiger partial charge in [-0.15, -0.1) is 0 Å². The van der Waals surface area contributed by atoms with E-state index in [1.54, 1.807) is 12.4 Å². The van der Waals surface area contributed by atoms with Crippen LogP contribution in [-0.2, 0) is 0 Å². The second kappa shape index (κ2) is 4.52. The molecule has 21 heavy (non-hydrogen) atoms. The van der Waals surface area contributed by atoms with E-state index in [2.05, 4.69) is 30.5 Å². The summed E-state index contributed by atoms with van der Waals surface area (Å²) in [6.45, 7) is 1.95. The van der Waals surface area contributed by atoms with Gasteiger partial charge in [0.15, 0.2) is 0 Å². The maximum absolute atomic E-state index is 4.34. The van der Waals surface area contributed by atoms with Crippen LogP contribution < -0.4 is 5.32 Å². The van der Waals surface area contributed by atoms with E-state index in [-0.39, 0.29) is 0 Å². The molecule has 0 aliphatic heterocycles. The van der Waals surface area contributed by atoms with Crippen LogP contribution >= 0.6 is 0 Å². The van der Waals surface area contributed by atoms with Crippen molar-refractivity contribution < 1.29 is 0 Å². The van der Waals surface area contributed by atoms with Crippen LogP contribution in [0, 0.1) is 6.92 Å². The molecule has 4 rings (SSSR count). The Morgan fingerprint density at radius 1 is 1.05 bits per heavy atom. The Labute approximate surface area is 120 Å². The molecule has 0 saturated heterocycles. The number of nitrogens with zero attached hydrogens (tertiary/aromatic N) is 4. The molecule has 102 valence electrons. The molecule has 3 heterocycles. The van der Waals surface area contributed by atoms with Crippen molar-refractivity contribution in [1.29, 1.82) is 0 Å². The third-order valence-electron chi connectivity index (χ3n) is 3.36. The Kier molecular flexibility index (Phi) is 2.53. The van der Waals surface area contributed by atoms with E-state index >= 15 is 0 Å². The zero-order valence-electron chi connectivity index (χ0n) is 11.3. The number of hydrogen-bond donors (Lipinski definition) is 2. The van der Waals surface area contributed by atoms with E-state index in [4.69, 9.17) is 0 Å². The highest BCUT2D eigenvalue weighted by Crippen LogP contribution is 2.24. The van der Waals surface area contributed by atoms with Crippen molar-refractivity contribution in [2.45, 2.75) is 6.92 Å². The van der Waals surface area contributed by atoms with Gasteiger partial charge in [0.05, 0.1) is 23.4 Å². The first kappa shape index (κ1) is 11.8. The molecule has 6 heteroatoms. The predicted octanol–water partition coefficient (Wildman–Crippen LogP) is 2.95. The molecule has 1 aromatic carbocycles. The van der Waals surface area contributed by atoms with Gasteiger partial charge < -0.3 is 5.32 Å². The number of pyridine rings is 1. The number of benzene rings is 1. The average molecular weight is 276 g/mol. The summed E-state index contributed by atoms with van der Waals surface area (Å²) in [6, 6.07) is 7.98. The molecule has 0 aliphatic carbocycles. The lowest BCUT2D eigenvalue weighted by Gasteiger charge is -2.08. The molecule has 6 nitrogen and oxygen atoms in total. The standard InChI is InChI=1S/C15H12N6/c1-9-4-12-14(7-16-9)17-8-18-15(12)20-11-2-3-13-10(5-11)6-19-21-13/h2-8H,1H3,(H,19,21)(H,17,18,20). The first-order chi connectivity index (χ1) is 10.3. The Morgan fingerprint density at radius 3 is 2.95 bits per heavy atom. The quantitative estimate of drug-likeness (QED) is 0.588. The van der Waals surface area contributed by atoms with Gasteiger partial charge in [-0.2, -0.15) is 5.10 Å². The molecule has 3 aromatic heterocycles. The van der Waals surface area contributed by atoms with Crippen LogP contribution in [-0.4, -0.2) is 25.1 Å². The lowest BCUT2D eigenvalue weighted by molar-refractivity contribution is 1.12. The molecule has 0 fully saturated rings. The highest BCUT2D eigenvalue weighted by molar-refractivity contribution is 5.91. The lowest BCUT2D eigenvalue weighted by Crippen LogP contribution is -1.97. The van der Waals surface area contributed by atoms with E-state index in [0.717, 1.165) is 39.0 Å². The van der Waals surface area contributed by atoms with Gasteiger partial charge in [0, 0.05) is 22.2 Å². The SMILES string of the molecule is Cc1cc2c(Nc3ccc4[nH]ncc4c3)ncnc2cn1. The van der Waals surface area contributed by atoms with Crippen molar-refractivity contribution in [3.8, 4) is 0 Å². The fraction of sp³-hybridized carbons (Fsp3) is 0.0667. The lowest BCUT2D eigenvalue weighted by atomic mass is 10.2. The van der Waals surface area contributed by atoms with Crippen LogP contribution in [0.5, 0.6) is 0 Å². The van der Waals surface area contributed by atoms with Gasteiger partial charge in [-0.1, -0.05) is 0 Å². The van der Waals surface area contributed by atoms with Gasteiger partial charge in [0.2, 0.25) is 0 Å². The van der Waals surface area contributed by atoms with E-state index in [1.165, 1.54) is 6.33 Å². The number of nitrogens with one attached hydrogen (secondary N) is 2. The molecule has 0 unspecified atom stereocenters. The molecular formula is C15H12N6. The molecule has 0 atom stereocenters. The van der Waals surface area contributed by atoms with E-state index in [9.17, 15) is 0 Å². The fourth-order valence-electron chi connectivity index (χ4n) is 2.32. The number of H-pyrrole nitrogens is 1. The molecule has 0 spiro atoms. The van der Waals surface area contributed by atoms with Gasteiger partial charge in [-0.05, 0) is 31.2 Å². The Balaban J connectivity index is 1.81. The molecule has 0 amide bonds. The minimum atomic E-state index is 0.772. The molecule has 4 aromatic rings. The van der Waals surface area contributed by atoms with Crippen LogP contribution in [0.15, 0.2) is 43.0 Å². The van der Waals surface area contributed by atoms with Crippen molar-refractivity contribution in [3.05, 3.63) is 48.7 Å². The smallest absolute Gasteiger partial charge is 0.141 e. The van der Waals surface area contributed by atoms with Crippen molar-refractivity contribution in [3.63, 3.8) is 0 Å². The normalized spacial score (nSPS) is 11.1. The molecule has 0 aliphatic rings. The number of fused-ring (bicyclic) bond motifs is 2. The third-order valence-corrected chi connectivity index (χ3v) is 3.36. The second-order valence-corrected chi connectivity index (χ2v) is 4.86. The van der Waals surface area contributed by atoms with E-state index in [0.29, 0.717) is 0 Å². The van der Waals surface area contributed by atoms with Gasteiger partial charge in [0.1, 0.15) is 12.1 Å². The Bertz CT molecular complexity index is 943. The number of hydrogen-bond acceptors (Lipinski definition) is 5. The zero-order chi connectivity index (χ0) is 14.2. The monoisotopic (exact) mass is 276 g/mol.